The van der Waals surface area contributed by atoms with Gasteiger partial charge in [-0.1, -0.05) is 12.2 Å². The first-order valence-electron chi connectivity index (χ1n) is 5.71. The summed E-state index contributed by atoms with van der Waals surface area (Å²) in [6, 6.07) is -0.431. The third-order valence-electron chi connectivity index (χ3n) is 3.36. The van der Waals surface area contributed by atoms with Crippen LogP contribution >= 0.6 is 0 Å². The number of fused-ring (bicyclic) bond motifs is 1. The molecular formula is C11H17N3O3. The van der Waals surface area contributed by atoms with E-state index < -0.39 is 6.03 Å². The predicted octanol–water partition coefficient (Wildman–Crippen LogP) is -0.556. The first-order valence-corrected chi connectivity index (χ1v) is 5.71. The minimum atomic E-state index is -0.431. The molecule has 0 bridgehead atoms. The first-order chi connectivity index (χ1) is 8.08. The normalized spacial score (nSPS) is 32.7. The summed E-state index contributed by atoms with van der Waals surface area (Å²) in [6.45, 7) is 1.49. The monoisotopic (exact) mass is 239 g/mol. The molecule has 6 nitrogen and oxygen atoms in total. The lowest BCUT2D eigenvalue weighted by Crippen LogP contribution is -2.41. The summed E-state index contributed by atoms with van der Waals surface area (Å²) in [5.74, 6) is -0.503. The lowest BCUT2D eigenvalue weighted by molar-refractivity contribution is -0.122. The number of amides is 3. The van der Waals surface area contributed by atoms with E-state index in [1.807, 2.05) is 6.08 Å². The molecule has 3 atom stereocenters. The number of ether oxygens (including phenoxy) is 1. The zero-order valence-corrected chi connectivity index (χ0v) is 9.54. The molecule has 1 heterocycles. The quantitative estimate of drug-likeness (QED) is 0.600. The van der Waals surface area contributed by atoms with Crippen molar-refractivity contribution in [3.63, 3.8) is 0 Å². The predicted molar refractivity (Wildman–Crippen MR) is 60.8 cm³/mol. The van der Waals surface area contributed by atoms with E-state index in [0.29, 0.717) is 26.1 Å². The van der Waals surface area contributed by atoms with Crippen LogP contribution in [0.4, 0.5) is 4.79 Å². The fourth-order valence-electron chi connectivity index (χ4n) is 2.35. The summed E-state index contributed by atoms with van der Waals surface area (Å²) < 4.78 is 5.66. The largest absolute Gasteiger partial charge is 0.376 e. The average Bonchev–Trinajstić information content (AvgIpc) is 2.49. The summed E-state index contributed by atoms with van der Waals surface area (Å²) in [5.41, 5.74) is 10.5. The maximum atomic E-state index is 11.1. The summed E-state index contributed by atoms with van der Waals surface area (Å²) in [4.78, 5) is 23.8. The van der Waals surface area contributed by atoms with E-state index in [0.717, 1.165) is 0 Å². The lowest BCUT2D eigenvalue weighted by atomic mass is 9.85. The highest BCUT2D eigenvalue weighted by atomic mass is 16.5. The maximum Gasteiger partial charge on any atom is 0.314 e. The number of nitrogens with two attached hydrogens (primary N) is 2. The van der Waals surface area contributed by atoms with Crippen LogP contribution in [-0.2, 0) is 9.53 Å². The van der Waals surface area contributed by atoms with Gasteiger partial charge in [0.1, 0.15) is 0 Å². The smallest absolute Gasteiger partial charge is 0.314 e. The summed E-state index contributed by atoms with van der Waals surface area (Å²) >= 11 is 0. The van der Waals surface area contributed by atoms with Crippen LogP contribution in [0.1, 0.15) is 6.42 Å². The number of hydrogen-bond donors (Lipinski definition) is 2. The van der Waals surface area contributed by atoms with Gasteiger partial charge in [0, 0.05) is 19.0 Å². The zero-order chi connectivity index (χ0) is 12.4. The molecule has 2 aliphatic rings. The van der Waals surface area contributed by atoms with Gasteiger partial charge in [0.05, 0.1) is 18.6 Å². The van der Waals surface area contributed by atoms with Crippen molar-refractivity contribution >= 4 is 11.9 Å². The zero-order valence-electron chi connectivity index (χ0n) is 9.54. The Labute approximate surface area is 99.6 Å². The van der Waals surface area contributed by atoms with Crippen LogP contribution in [0.15, 0.2) is 12.2 Å². The Morgan fingerprint density at radius 2 is 2.06 bits per heavy atom. The molecule has 0 aromatic carbocycles. The van der Waals surface area contributed by atoms with Gasteiger partial charge in [-0.3, -0.25) is 4.79 Å². The highest BCUT2D eigenvalue weighted by molar-refractivity contribution is 5.78. The van der Waals surface area contributed by atoms with Crippen molar-refractivity contribution in [1.82, 2.24) is 4.90 Å². The number of primary amides is 2. The van der Waals surface area contributed by atoms with E-state index in [2.05, 4.69) is 0 Å². The summed E-state index contributed by atoms with van der Waals surface area (Å²) in [7, 11) is 0. The standard InChI is InChI=1S/C11H17N3O3/c12-10(15)7-1-2-8-6-14(11(13)16)3-4-17-9(8)5-7/h1-2,7-9H,3-6H2,(H2,12,15)(H2,13,16). The van der Waals surface area contributed by atoms with Crippen LogP contribution in [0.3, 0.4) is 0 Å². The number of nitrogens with zero attached hydrogens (tertiary/aromatic N) is 1. The number of carbonyl (C=O) groups is 2. The van der Waals surface area contributed by atoms with E-state index in [9.17, 15) is 9.59 Å². The van der Waals surface area contributed by atoms with Crippen molar-refractivity contribution in [2.75, 3.05) is 19.7 Å². The van der Waals surface area contributed by atoms with Crippen molar-refractivity contribution in [1.29, 1.82) is 0 Å². The van der Waals surface area contributed by atoms with Crippen LogP contribution in [0.5, 0.6) is 0 Å². The molecule has 0 aromatic heterocycles. The van der Waals surface area contributed by atoms with Gasteiger partial charge in [-0.25, -0.2) is 4.79 Å². The van der Waals surface area contributed by atoms with Crippen LogP contribution in [0.2, 0.25) is 0 Å². The average molecular weight is 239 g/mol. The molecule has 3 unspecified atom stereocenters. The van der Waals surface area contributed by atoms with Gasteiger partial charge in [-0.15, -0.1) is 0 Å². The maximum absolute atomic E-state index is 11.1. The first kappa shape index (κ1) is 11.9. The number of urea groups is 1. The highest BCUT2D eigenvalue weighted by Gasteiger charge is 2.33. The van der Waals surface area contributed by atoms with Gasteiger partial charge >= 0.3 is 6.03 Å². The Morgan fingerprint density at radius 3 is 2.71 bits per heavy atom. The fourth-order valence-corrected chi connectivity index (χ4v) is 2.35. The second kappa shape index (κ2) is 4.75. The molecular weight excluding hydrogens is 222 g/mol. The van der Waals surface area contributed by atoms with Gasteiger partial charge in [0.25, 0.3) is 0 Å². The van der Waals surface area contributed by atoms with Crippen molar-refractivity contribution < 1.29 is 14.3 Å². The summed E-state index contributed by atoms with van der Waals surface area (Å²) in [5, 5.41) is 0. The van der Waals surface area contributed by atoms with Crippen molar-refractivity contribution in [2.45, 2.75) is 12.5 Å². The number of hydrogen-bond acceptors (Lipinski definition) is 3. The molecule has 94 valence electrons. The molecule has 1 aliphatic carbocycles. The van der Waals surface area contributed by atoms with Gasteiger partial charge in [-0.2, -0.15) is 0 Å². The van der Waals surface area contributed by atoms with Crippen molar-refractivity contribution in [2.24, 2.45) is 23.3 Å². The van der Waals surface area contributed by atoms with Crippen LogP contribution in [-0.4, -0.2) is 42.6 Å². The Bertz CT molecular complexity index is 356. The minimum absolute atomic E-state index is 0.0538. The molecule has 0 spiro atoms. The number of carbonyl (C=O) groups excluding carboxylic acids is 2. The van der Waals surface area contributed by atoms with E-state index in [4.69, 9.17) is 16.2 Å². The number of rotatable bonds is 1. The SMILES string of the molecule is NC(=O)C1C=CC2CN(C(N)=O)CCOC2C1. The Kier molecular flexibility index (Phi) is 3.33. The molecule has 1 aliphatic heterocycles. The van der Waals surface area contributed by atoms with E-state index in [1.54, 1.807) is 11.0 Å². The lowest BCUT2D eigenvalue weighted by Gasteiger charge is -2.29. The second-order valence-corrected chi connectivity index (χ2v) is 4.49. The highest BCUT2D eigenvalue weighted by Crippen LogP contribution is 2.27. The van der Waals surface area contributed by atoms with E-state index in [-0.39, 0.29) is 23.8 Å². The molecule has 0 radical (unpaired) electrons. The van der Waals surface area contributed by atoms with Gasteiger partial charge < -0.3 is 21.1 Å². The molecule has 0 aromatic rings. The third kappa shape index (κ3) is 2.58. The molecule has 3 amide bonds. The van der Waals surface area contributed by atoms with Gasteiger partial charge in [-0.05, 0) is 6.42 Å². The Hall–Kier alpha value is -1.56. The van der Waals surface area contributed by atoms with Crippen LogP contribution < -0.4 is 11.5 Å². The second-order valence-electron chi connectivity index (χ2n) is 4.49. The molecule has 6 heteroatoms. The minimum Gasteiger partial charge on any atom is -0.376 e. The molecule has 1 fully saturated rings. The van der Waals surface area contributed by atoms with Gasteiger partial charge in [0.2, 0.25) is 5.91 Å². The van der Waals surface area contributed by atoms with Crippen molar-refractivity contribution in [3.8, 4) is 0 Å². The van der Waals surface area contributed by atoms with Crippen LogP contribution in [0.25, 0.3) is 0 Å². The molecule has 4 N–H and O–H groups in total. The van der Waals surface area contributed by atoms with Crippen molar-refractivity contribution in [3.05, 3.63) is 12.2 Å². The van der Waals surface area contributed by atoms with E-state index >= 15 is 0 Å². The van der Waals surface area contributed by atoms with E-state index in [1.165, 1.54) is 0 Å². The molecule has 1 saturated heterocycles. The molecule has 17 heavy (non-hydrogen) atoms. The van der Waals surface area contributed by atoms with Crippen LogP contribution in [0, 0.1) is 11.8 Å². The van der Waals surface area contributed by atoms with Gasteiger partial charge in [0.15, 0.2) is 0 Å². The third-order valence-corrected chi connectivity index (χ3v) is 3.36. The Morgan fingerprint density at radius 1 is 1.29 bits per heavy atom. The molecule has 2 rings (SSSR count). The fraction of sp³-hybridized carbons (Fsp3) is 0.636. The Balaban J connectivity index is 2.09. The topological polar surface area (TPSA) is 98.7 Å². The molecule has 0 saturated carbocycles. The summed E-state index contributed by atoms with van der Waals surface area (Å²) in [6.07, 6.45) is 4.24.